The third kappa shape index (κ3) is 5.13. The first-order valence-corrected chi connectivity index (χ1v) is 8.91. The van der Waals surface area contributed by atoms with Crippen LogP contribution in [0, 0.1) is 13.8 Å². The molecule has 8 heteroatoms. The summed E-state index contributed by atoms with van der Waals surface area (Å²) in [6.45, 7) is 4.70. The second-order valence-corrected chi connectivity index (χ2v) is 6.48. The van der Waals surface area contributed by atoms with Gasteiger partial charge < -0.3 is 15.4 Å². The Bertz CT molecular complexity index is 1090. The maximum absolute atomic E-state index is 12.3. The highest BCUT2D eigenvalue weighted by molar-refractivity contribution is 5.97. The van der Waals surface area contributed by atoms with E-state index in [9.17, 15) is 14.4 Å². The Morgan fingerprint density at radius 3 is 2.07 bits per heavy atom. The molecule has 2 amide bonds. The number of fused-ring (bicyclic) bond motifs is 1. The fourth-order valence-electron chi connectivity index (χ4n) is 2.61. The molecule has 0 aliphatic rings. The van der Waals surface area contributed by atoms with Crippen molar-refractivity contribution in [3.63, 3.8) is 0 Å². The summed E-state index contributed by atoms with van der Waals surface area (Å²) in [5.74, 6) is -1.28. The first kappa shape index (κ1) is 19.9. The van der Waals surface area contributed by atoms with Gasteiger partial charge in [-0.3, -0.25) is 9.59 Å². The summed E-state index contributed by atoms with van der Waals surface area (Å²) in [4.78, 5) is 44.1. The average Bonchev–Trinajstić information content (AvgIpc) is 2.68. The number of carbonyl (C=O) groups excluding carboxylic acids is 3. The van der Waals surface area contributed by atoms with Crippen LogP contribution < -0.4 is 10.6 Å². The molecular formula is C21H20N4O4. The highest BCUT2D eigenvalue weighted by Crippen LogP contribution is 2.16. The van der Waals surface area contributed by atoms with Crippen molar-refractivity contribution in [2.75, 3.05) is 17.2 Å². The molecule has 3 aromatic rings. The summed E-state index contributed by atoms with van der Waals surface area (Å²) in [6, 6.07) is 11.5. The molecule has 8 nitrogen and oxygen atoms in total. The number of benzene rings is 2. The van der Waals surface area contributed by atoms with E-state index in [1.165, 1.54) is 6.92 Å². The fraction of sp³-hybridized carbons (Fsp3) is 0.190. The number of anilines is 2. The largest absolute Gasteiger partial charge is 0.452 e. The van der Waals surface area contributed by atoms with Crippen LogP contribution in [-0.2, 0) is 14.3 Å². The van der Waals surface area contributed by atoms with E-state index in [1.807, 2.05) is 13.8 Å². The summed E-state index contributed by atoms with van der Waals surface area (Å²) in [6.07, 6.45) is 0. The van der Waals surface area contributed by atoms with Crippen molar-refractivity contribution in [1.82, 2.24) is 9.97 Å². The van der Waals surface area contributed by atoms with Gasteiger partial charge in [0.2, 0.25) is 5.91 Å². The van der Waals surface area contributed by atoms with Gasteiger partial charge in [-0.05, 0) is 56.3 Å². The summed E-state index contributed by atoms with van der Waals surface area (Å²) in [7, 11) is 0. The van der Waals surface area contributed by atoms with Gasteiger partial charge in [0.1, 0.15) is 0 Å². The quantitative estimate of drug-likeness (QED) is 0.646. The molecular weight excluding hydrogens is 372 g/mol. The molecule has 0 bridgehead atoms. The predicted octanol–water partition coefficient (Wildman–Crippen LogP) is 3.00. The summed E-state index contributed by atoms with van der Waals surface area (Å²) >= 11 is 0. The number of nitrogens with zero attached hydrogens (tertiary/aromatic N) is 2. The van der Waals surface area contributed by atoms with E-state index in [1.54, 1.807) is 42.5 Å². The first-order chi connectivity index (χ1) is 13.8. The highest BCUT2D eigenvalue weighted by Gasteiger charge is 2.12. The van der Waals surface area contributed by atoms with Gasteiger partial charge in [-0.2, -0.15) is 0 Å². The average molecular weight is 392 g/mol. The number of esters is 1. The van der Waals surface area contributed by atoms with E-state index in [-0.39, 0.29) is 5.91 Å². The second-order valence-electron chi connectivity index (χ2n) is 6.48. The van der Waals surface area contributed by atoms with Crippen molar-refractivity contribution in [3.8, 4) is 0 Å². The second kappa shape index (κ2) is 8.47. The van der Waals surface area contributed by atoms with Crippen molar-refractivity contribution in [2.45, 2.75) is 20.8 Å². The van der Waals surface area contributed by atoms with Crippen LogP contribution in [0.5, 0.6) is 0 Å². The third-order valence-electron chi connectivity index (χ3n) is 4.13. The lowest BCUT2D eigenvalue weighted by atomic mass is 10.2. The van der Waals surface area contributed by atoms with Crippen LogP contribution in [0.25, 0.3) is 11.0 Å². The minimum atomic E-state index is -0.622. The molecule has 0 spiro atoms. The lowest BCUT2D eigenvalue weighted by molar-refractivity contribution is -0.119. The van der Waals surface area contributed by atoms with Gasteiger partial charge in [0.15, 0.2) is 6.61 Å². The minimum Gasteiger partial charge on any atom is -0.452 e. The van der Waals surface area contributed by atoms with Gasteiger partial charge in [-0.1, -0.05) is 0 Å². The molecule has 2 aromatic carbocycles. The van der Waals surface area contributed by atoms with Crippen molar-refractivity contribution in [2.24, 2.45) is 0 Å². The molecule has 0 saturated heterocycles. The lowest BCUT2D eigenvalue weighted by Crippen LogP contribution is -2.21. The molecule has 1 aromatic heterocycles. The van der Waals surface area contributed by atoms with Crippen LogP contribution in [0.2, 0.25) is 0 Å². The fourth-order valence-corrected chi connectivity index (χ4v) is 2.61. The minimum absolute atomic E-state index is 0.182. The number of rotatable bonds is 5. The van der Waals surface area contributed by atoms with Gasteiger partial charge >= 0.3 is 5.97 Å². The topological polar surface area (TPSA) is 110 Å². The Morgan fingerprint density at radius 1 is 0.862 bits per heavy atom. The number of nitrogens with one attached hydrogen (secondary N) is 2. The van der Waals surface area contributed by atoms with Crippen LogP contribution in [0.1, 0.15) is 28.7 Å². The summed E-state index contributed by atoms with van der Waals surface area (Å²) in [5, 5.41) is 5.25. The predicted molar refractivity (Wildman–Crippen MR) is 109 cm³/mol. The number of amides is 2. The summed E-state index contributed by atoms with van der Waals surface area (Å²) < 4.78 is 5.09. The van der Waals surface area contributed by atoms with Crippen LogP contribution in [0.3, 0.4) is 0 Å². The summed E-state index contributed by atoms with van der Waals surface area (Å²) in [5.41, 5.74) is 4.32. The van der Waals surface area contributed by atoms with E-state index in [0.29, 0.717) is 28.0 Å². The van der Waals surface area contributed by atoms with E-state index in [2.05, 4.69) is 20.6 Å². The number of ether oxygens (including phenoxy) is 1. The van der Waals surface area contributed by atoms with Gasteiger partial charge in [-0.15, -0.1) is 0 Å². The molecule has 2 N–H and O–H groups in total. The Kier molecular flexibility index (Phi) is 5.82. The maximum atomic E-state index is 12.3. The normalized spacial score (nSPS) is 10.4. The van der Waals surface area contributed by atoms with Crippen molar-refractivity contribution >= 4 is 40.2 Å². The molecule has 3 rings (SSSR count). The van der Waals surface area contributed by atoms with Crippen molar-refractivity contribution in [3.05, 3.63) is 59.4 Å². The van der Waals surface area contributed by atoms with Gasteiger partial charge in [0.25, 0.3) is 5.91 Å². The third-order valence-corrected chi connectivity index (χ3v) is 4.13. The van der Waals surface area contributed by atoms with Crippen LogP contribution in [-0.4, -0.2) is 34.4 Å². The molecule has 29 heavy (non-hydrogen) atoms. The van der Waals surface area contributed by atoms with Crippen molar-refractivity contribution < 1.29 is 19.1 Å². The Balaban J connectivity index is 1.58. The number of aromatic nitrogens is 2. The zero-order valence-corrected chi connectivity index (χ0v) is 16.3. The van der Waals surface area contributed by atoms with Crippen LogP contribution >= 0.6 is 0 Å². The van der Waals surface area contributed by atoms with E-state index < -0.39 is 18.5 Å². The monoisotopic (exact) mass is 392 g/mol. The molecule has 0 saturated carbocycles. The maximum Gasteiger partial charge on any atom is 0.338 e. The smallest absolute Gasteiger partial charge is 0.338 e. The van der Waals surface area contributed by atoms with E-state index in [4.69, 9.17) is 4.74 Å². The molecule has 0 fully saturated rings. The molecule has 1 heterocycles. The Morgan fingerprint density at radius 2 is 1.45 bits per heavy atom. The first-order valence-electron chi connectivity index (χ1n) is 8.91. The SMILES string of the molecule is CC(=O)Nc1ccc(NC(=O)COC(=O)c2ccc3nc(C)c(C)nc3c2)cc1. The van der Waals surface area contributed by atoms with E-state index in [0.717, 1.165) is 11.4 Å². The van der Waals surface area contributed by atoms with Gasteiger partial charge in [0, 0.05) is 18.3 Å². The van der Waals surface area contributed by atoms with Crippen LogP contribution in [0.4, 0.5) is 11.4 Å². The van der Waals surface area contributed by atoms with Crippen molar-refractivity contribution in [1.29, 1.82) is 0 Å². The number of hydrogen-bond acceptors (Lipinski definition) is 6. The molecule has 0 radical (unpaired) electrons. The zero-order chi connectivity index (χ0) is 21.0. The number of aryl methyl sites for hydroxylation is 2. The zero-order valence-electron chi connectivity index (χ0n) is 16.3. The van der Waals surface area contributed by atoms with Gasteiger partial charge in [-0.25, -0.2) is 14.8 Å². The molecule has 148 valence electrons. The Labute approximate surface area is 167 Å². The van der Waals surface area contributed by atoms with Gasteiger partial charge in [0.05, 0.1) is 28.0 Å². The Hall–Kier alpha value is -3.81. The molecule has 0 aliphatic carbocycles. The standard InChI is InChI=1S/C21H20N4O4/c1-12-13(2)23-19-10-15(4-9-18(19)22-12)21(28)29-11-20(27)25-17-7-5-16(6-8-17)24-14(3)26/h4-10H,11H2,1-3H3,(H,24,26)(H,25,27). The number of carbonyl (C=O) groups is 3. The molecule has 0 aliphatic heterocycles. The molecule has 0 unspecified atom stereocenters. The van der Waals surface area contributed by atoms with Crippen LogP contribution in [0.15, 0.2) is 42.5 Å². The van der Waals surface area contributed by atoms with E-state index >= 15 is 0 Å². The number of hydrogen-bond donors (Lipinski definition) is 2. The highest BCUT2D eigenvalue weighted by atomic mass is 16.5. The lowest BCUT2D eigenvalue weighted by Gasteiger charge is -2.08. The molecule has 0 atom stereocenters.